The molecule has 1 aromatic carbocycles. The fourth-order valence-electron chi connectivity index (χ4n) is 3.93. The topological polar surface area (TPSA) is 98.8 Å². The molecule has 11 heteroatoms. The van der Waals surface area contributed by atoms with Crippen LogP contribution in [0.2, 0.25) is 5.02 Å². The number of alkyl halides is 1. The van der Waals surface area contributed by atoms with Crippen LogP contribution in [0.5, 0.6) is 0 Å². The third-order valence-electron chi connectivity index (χ3n) is 5.93. The van der Waals surface area contributed by atoms with Gasteiger partial charge in [-0.2, -0.15) is 5.26 Å². The predicted octanol–water partition coefficient (Wildman–Crippen LogP) is 6.39. The van der Waals surface area contributed by atoms with Gasteiger partial charge in [-0.15, -0.1) is 0 Å². The van der Waals surface area contributed by atoms with Crippen LogP contribution in [0, 0.1) is 29.9 Å². The van der Waals surface area contributed by atoms with E-state index in [1.165, 1.54) is 36.7 Å². The van der Waals surface area contributed by atoms with Crippen molar-refractivity contribution in [1.29, 1.82) is 5.26 Å². The minimum atomic E-state index is -1.26. The van der Waals surface area contributed by atoms with E-state index in [-0.39, 0.29) is 17.0 Å². The van der Waals surface area contributed by atoms with E-state index in [1.54, 1.807) is 27.7 Å². The first kappa shape index (κ1) is 27.0. The summed E-state index contributed by atoms with van der Waals surface area (Å²) in [6.07, 6.45) is 2.78. The summed E-state index contributed by atoms with van der Waals surface area (Å²) in [5.74, 6) is -0.907. The van der Waals surface area contributed by atoms with Crippen molar-refractivity contribution >= 4 is 50.9 Å². The maximum absolute atomic E-state index is 15.2. The quantitative estimate of drug-likeness (QED) is 0.149. The van der Waals surface area contributed by atoms with Gasteiger partial charge in [-0.05, 0) is 45.9 Å². The van der Waals surface area contributed by atoms with E-state index in [2.05, 4.69) is 42.5 Å². The molecule has 0 bridgehead atoms. The molecule has 4 aromatic rings. The molecule has 1 atom stereocenters. The Bertz CT molecular complexity index is 1540. The molecular formula is C26H22ClF2IN6O. The van der Waals surface area contributed by atoms with E-state index in [4.69, 9.17) is 11.6 Å². The Balaban J connectivity index is 1.92. The molecule has 4 rings (SSSR count). The molecule has 0 saturated heterocycles. The molecule has 3 aromatic heterocycles. The summed E-state index contributed by atoms with van der Waals surface area (Å²) in [4.78, 5) is 19.2. The fourth-order valence-corrected chi connectivity index (χ4v) is 5.11. The molecule has 37 heavy (non-hydrogen) atoms. The van der Waals surface area contributed by atoms with Gasteiger partial charge in [0.1, 0.15) is 22.6 Å². The van der Waals surface area contributed by atoms with Crippen LogP contribution in [0.4, 0.5) is 14.5 Å². The number of nitrogens with zero attached hydrogens (tertiary/aromatic N) is 6. The number of hydrogen-bond acceptors (Lipinski definition) is 7. The van der Waals surface area contributed by atoms with Crippen LogP contribution < -0.4 is 4.90 Å². The van der Waals surface area contributed by atoms with Crippen LogP contribution >= 0.6 is 34.2 Å². The smallest absolute Gasteiger partial charge is 0.159 e. The van der Waals surface area contributed by atoms with Gasteiger partial charge in [0, 0.05) is 29.6 Å². The second-order valence-corrected chi connectivity index (χ2v) is 10.1. The highest BCUT2D eigenvalue weighted by atomic mass is 127. The number of nitriles is 1. The summed E-state index contributed by atoms with van der Waals surface area (Å²) >= 11 is 8.88. The van der Waals surface area contributed by atoms with Crippen LogP contribution in [-0.4, -0.2) is 29.6 Å². The molecule has 0 saturated carbocycles. The van der Waals surface area contributed by atoms with Crippen molar-refractivity contribution in [1.82, 2.24) is 19.9 Å². The Morgan fingerprint density at radius 2 is 1.84 bits per heavy atom. The number of rotatable bonds is 6. The molecule has 3 heterocycles. The maximum atomic E-state index is 15.2. The zero-order valence-electron chi connectivity index (χ0n) is 20.4. The molecule has 7 nitrogen and oxygen atoms in total. The van der Waals surface area contributed by atoms with Crippen LogP contribution in [0.3, 0.4) is 0 Å². The van der Waals surface area contributed by atoms with Crippen LogP contribution in [0.15, 0.2) is 36.7 Å². The van der Waals surface area contributed by atoms with E-state index in [1.807, 2.05) is 11.0 Å². The molecule has 0 fully saturated rings. The molecule has 0 radical (unpaired) electrons. The van der Waals surface area contributed by atoms with E-state index < -0.39 is 23.3 Å². The van der Waals surface area contributed by atoms with Crippen molar-refractivity contribution in [2.45, 2.75) is 39.3 Å². The molecule has 0 unspecified atom stereocenters. The van der Waals surface area contributed by atoms with Crippen LogP contribution in [0.25, 0.3) is 22.3 Å². The van der Waals surface area contributed by atoms with Gasteiger partial charge in [0.25, 0.3) is 0 Å². The zero-order valence-corrected chi connectivity index (χ0v) is 23.3. The third-order valence-corrected chi connectivity index (χ3v) is 7.11. The number of fused-ring (bicyclic) bond motifs is 1. The maximum Gasteiger partial charge on any atom is 0.159 e. The van der Waals surface area contributed by atoms with Gasteiger partial charge in [0.15, 0.2) is 11.6 Å². The number of aryl methyl sites for hydroxylation is 1. The minimum Gasteiger partial charge on any atom is -0.382 e. The van der Waals surface area contributed by atoms with Gasteiger partial charge in [0.2, 0.25) is 0 Å². The summed E-state index contributed by atoms with van der Waals surface area (Å²) in [5, 5.41) is 19.7. The number of halogens is 4. The normalized spacial score (nSPS) is 12.4. The molecule has 1 N–H and O–H groups in total. The van der Waals surface area contributed by atoms with Crippen molar-refractivity contribution in [3.8, 4) is 17.3 Å². The van der Waals surface area contributed by atoms with Crippen LogP contribution in [0.1, 0.15) is 49.5 Å². The number of pyridine rings is 2. The monoisotopic (exact) mass is 634 g/mol. The lowest BCUT2D eigenvalue weighted by atomic mass is 10.0. The second-order valence-electron chi connectivity index (χ2n) is 9.01. The van der Waals surface area contributed by atoms with Gasteiger partial charge in [-0.25, -0.2) is 28.7 Å². The molecule has 0 aliphatic carbocycles. The van der Waals surface area contributed by atoms with Gasteiger partial charge >= 0.3 is 0 Å². The standard InChI is InChI=1S/C26H22ClF2IN6O/c1-13-21(27)24(36(12-30)14(2)17-7-15(9-31)5-6-18(17)28)23-20(34-13)8-19(29)22(35-23)16-10-32-25(33-11-16)26(3,4)37/h5-8,10-11,14,37H,12H2,1-4H3/t14-/m1/s1. The summed E-state index contributed by atoms with van der Waals surface area (Å²) in [7, 11) is 0. The predicted molar refractivity (Wildman–Crippen MR) is 146 cm³/mol. The van der Waals surface area contributed by atoms with Gasteiger partial charge in [0.05, 0.1) is 44.1 Å². The first-order valence-corrected chi connectivity index (χ1v) is 13.1. The molecule has 0 aliphatic heterocycles. The molecule has 190 valence electrons. The average molecular weight is 635 g/mol. The Kier molecular flexibility index (Phi) is 7.60. The number of hydrogen-bond donors (Lipinski definition) is 1. The second kappa shape index (κ2) is 10.4. The van der Waals surface area contributed by atoms with Gasteiger partial charge in [-0.3, -0.25) is 0 Å². The number of aliphatic hydroxyl groups is 1. The van der Waals surface area contributed by atoms with Crippen molar-refractivity contribution in [3.63, 3.8) is 0 Å². The van der Waals surface area contributed by atoms with Gasteiger partial charge in [-0.1, -0.05) is 34.2 Å². The summed E-state index contributed by atoms with van der Waals surface area (Å²) in [6.45, 7) is 6.60. The van der Waals surface area contributed by atoms with E-state index in [9.17, 15) is 14.8 Å². The highest BCUT2D eigenvalue weighted by molar-refractivity contribution is 14.1. The highest BCUT2D eigenvalue weighted by Crippen LogP contribution is 2.41. The summed E-state index contributed by atoms with van der Waals surface area (Å²) in [5.41, 5.74) is 1.19. The Hall–Kier alpha value is -3.01. The first-order chi connectivity index (χ1) is 17.5. The molecule has 0 aliphatic rings. The number of benzene rings is 1. The van der Waals surface area contributed by atoms with Crippen molar-refractivity contribution in [3.05, 3.63) is 76.0 Å². The first-order valence-electron chi connectivity index (χ1n) is 11.2. The van der Waals surface area contributed by atoms with E-state index in [0.29, 0.717) is 43.2 Å². The summed E-state index contributed by atoms with van der Waals surface area (Å²) < 4.78 is 30.4. The van der Waals surface area contributed by atoms with Crippen molar-refractivity contribution in [2.75, 3.05) is 9.45 Å². The lowest BCUT2D eigenvalue weighted by molar-refractivity contribution is 0.0687. The summed E-state index contributed by atoms with van der Waals surface area (Å²) in [6, 6.07) is 6.94. The van der Waals surface area contributed by atoms with Gasteiger partial charge < -0.3 is 10.0 Å². The van der Waals surface area contributed by atoms with E-state index >= 15 is 4.39 Å². The fraction of sp³-hybridized carbons (Fsp3) is 0.269. The molecule has 0 amide bonds. The van der Waals surface area contributed by atoms with Crippen LogP contribution in [-0.2, 0) is 5.60 Å². The Labute approximate surface area is 231 Å². The lowest BCUT2D eigenvalue weighted by Crippen LogP contribution is -2.27. The Morgan fingerprint density at radius 1 is 1.16 bits per heavy atom. The van der Waals surface area contributed by atoms with Crippen molar-refractivity contribution in [2.24, 2.45) is 0 Å². The third kappa shape index (κ3) is 5.21. The number of aromatic nitrogens is 4. The van der Waals surface area contributed by atoms with E-state index in [0.717, 1.165) is 0 Å². The molecule has 0 spiro atoms. The Morgan fingerprint density at radius 3 is 2.43 bits per heavy atom. The largest absolute Gasteiger partial charge is 0.382 e. The SMILES string of the molecule is Cc1nc2cc(F)c(-c3cnc(C(C)(C)O)nc3)nc2c(N(CI)[C@H](C)c2cc(C#N)ccc2F)c1Cl. The minimum absolute atomic E-state index is 0.0171. The highest BCUT2D eigenvalue weighted by Gasteiger charge is 2.27. The lowest BCUT2D eigenvalue weighted by Gasteiger charge is -2.32. The zero-order chi connectivity index (χ0) is 27.1. The number of anilines is 1. The average Bonchev–Trinajstić information content (AvgIpc) is 2.86. The van der Waals surface area contributed by atoms with Crippen molar-refractivity contribution < 1.29 is 13.9 Å². The molecular weight excluding hydrogens is 613 g/mol.